The molecule has 0 radical (unpaired) electrons. The van der Waals surface area contributed by atoms with Crippen LogP contribution in [0.5, 0.6) is 0 Å². The number of rotatable bonds is 17. The van der Waals surface area contributed by atoms with E-state index in [-0.39, 0.29) is 41.5 Å². The van der Waals surface area contributed by atoms with E-state index in [1.165, 1.54) is 18.2 Å². The van der Waals surface area contributed by atoms with Gasteiger partial charge in [-0.3, -0.25) is 19.2 Å². The van der Waals surface area contributed by atoms with Crippen molar-refractivity contribution < 1.29 is 29.4 Å². The number of aliphatic hydroxyl groups is 2. The van der Waals surface area contributed by atoms with Crippen molar-refractivity contribution in [2.45, 2.75) is 71.8 Å². The molecule has 4 atom stereocenters. The van der Waals surface area contributed by atoms with Crippen molar-refractivity contribution in [2.24, 2.45) is 17.6 Å². The highest BCUT2D eigenvalue weighted by atomic mass is 16.3. The van der Waals surface area contributed by atoms with Crippen LogP contribution in [0.4, 0.5) is 0 Å². The Morgan fingerprint density at radius 3 is 1.89 bits per heavy atom. The molecule has 10 heteroatoms. The minimum Gasteiger partial charge on any atom is -0.390 e. The quantitative estimate of drug-likeness (QED) is 0.151. The summed E-state index contributed by atoms with van der Waals surface area (Å²) in [6.45, 7) is 8.79. The van der Waals surface area contributed by atoms with Crippen molar-refractivity contribution in [2.75, 3.05) is 13.1 Å². The minimum absolute atomic E-state index is 0.0922. The Morgan fingerprint density at radius 1 is 0.787 bits per heavy atom. The van der Waals surface area contributed by atoms with Crippen LogP contribution < -0.4 is 16.4 Å². The first kappa shape index (κ1) is 36.9. The number of amides is 4. The Morgan fingerprint density at radius 2 is 1.36 bits per heavy atom. The monoisotopic (exact) mass is 644 g/mol. The number of nitrogens with zero attached hydrogens (tertiary/aromatic N) is 1. The first-order chi connectivity index (χ1) is 22.5. The van der Waals surface area contributed by atoms with Gasteiger partial charge in [0.2, 0.25) is 11.8 Å². The summed E-state index contributed by atoms with van der Waals surface area (Å²) in [5.74, 6) is -3.70. The molecule has 3 rings (SSSR count). The molecule has 0 unspecified atom stereocenters. The van der Waals surface area contributed by atoms with Crippen molar-refractivity contribution in [3.8, 4) is 0 Å². The van der Waals surface area contributed by atoms with Crippen molar-refractivity contribution >= 4 is 23.6 Å². The fourth-order valence-electron chi connectivity index (χ4n) is 5.69. The molecule has 0 aliphatic carbocycles. The highest BCUT2D eigenvalue weighted by molar-refractivity contribution is 6.08. The molecule has 4 amide bonds. The summed E-state index contributed by atoms with van der Waals surface area (Å²) < 4.78 is 0. The summed E-state index contributed by atoms with van der Waals surface area (Å²) >= 11 is 0. The number of nitrogens with two attached hydrogens (primary N) is 1. The van der Waals surface area contributed by atoms with E-state index >= 15 is 0 Å². The molecule has 0 fully saturated rings. The Hall–Kier alpha value is -4.54. The second kappa shape index (κ2) is 18.0. The van der Waals surface area contributed by atoms with Crippen LogP contribution in [0.1, 0.15) is 82.7 Å². The van der Waals surface area contributed by atoms with Crippen molar-refractivity contribution in [3.63, 3.8) is 0 Å². The third-order valence-electron chi connectivity index (χ3n) is 8.13. The molecule has 0 aliphatic rings. The molecule has 0 saturated carbocycles. The molecular formula is C37H48N4O6. The molecule has 0 heterocycles. The summed E-state index contributed by atoms with van der Waals surface area (Å²) in [7, 11) is 0. The molecule has 0 aliphatic heterocycles. The largest absolute Gasteiger partial charge is 0.390 e. The lowest BCUT2D eigenvalue weighted by Crippen LogP contribution is -2.55. The van der Waals surface area contributed by atoms with E-state index in [4.69, 9.17) is 5.73 Å². The number of benzene rings is 3. The lowest BCUT2D eigenvalue weighted by molar-refractivity contribution is -0.135. The first-order valence-corrected chi connectivity index (χ1v) is 16.2. The minimum atomic E-state index is -1.58. The van der Waals surface area contributed by atoms with Crippen molar-refractivity contribution in [1.29, 1.82) is 0 Å². The van der Waals surface area contributed by atoms with Crippen LogP contribution in [0.25, 0.3) is 0 Å². The van der Waals surface area contributed by atoms with Gasteiger partial charge < -0.3 is 31.5 Å². The zero-order valence-corrected chi connectivity index (χ0v) is 27.7. The molecule has 252 valence electrons. The maximum atomic E-state index is 13.9. The smallest absolute Gasteiger partial charge is 0.253 e. The average molecular weight is 645 g/mol. The average Bonchev–Trinajstić information content (AvgIpc) is 3.06. The molecule has 3 aromatic carbocycles. The number of hydrogen-bond acceptors (Lipinski definition) is 6. The Balaban J connectivity index is 1.93. The summed E-state index contributed by atoms with van der Waals surface area (Å²) in [6, 6.07) is 21.5. The molecule has 0 spiro atoms. The van der Waals surface area contributed by atoms with E-state index in [9.17, 15) is 29.4 Å². The van der Waals surface area contributed by atoms with Crippen LogP contribution in [0.15, 0.2) is 78.9 Å². The molecule has 47 heavy (non-hydrogen) atoms. The third-order valence-corrected chi connectivity index (χ3v) is 8.13. The standard InChI is InChI=1S/C37H48N4O6/c1-5-19-41(20-6-2)37(47)27-17-18-28(34(38)44)29(22-27)35(45)40-30(21-25-13-9-7-10-14-25)32(42)33(43)31(24(3)4)36(46)39-23-26-15-11-8-12-16-26/h7-18,22,24,30-33,42-43H,5-6,19-21,23H2,1-4H3,(H2,38,44)(H,39,46)(H,40,45)/t30-,31+,32+,33+/m0/s1. The number of aliphatic hydroxyl groups excluding tert-OH is 2. The molecule has 6 N–H and O–H groups in total. The molecule has 0 aromatic heterocycles. The zero-order chi connectivity index (χ0) is 34.5. The van der Waals surface area contributed by atoms with Crippen LogP contribution in [0.2, 0.25) is 0 Å². The van der Waals surface area contributed by atoms with Gasteiger partial charge in [0.25, 0.3) is 11.8 Å². The van der Waals surface area contributed by atoms with Crippen molar-refractivity contribution in [3.05, 3.63) is 107 Å². The number of carbonyl (C=O) groups excluding carboxylic acids is 4. The van der Waals surface area contributed by atoms with Gasteiger partial charge in [0.05, 0.1) is 29.2 Å². The zero-order valence-electron chi connectivity index (χ0n) is 27.7. The van der Waals surface area contributed by atoms with Crippen LogP contribution in [0.3, 0.4) is 0 Å². The van der Waals surface area contributed by atoms with Gasteiger partial charge >= 0.3 is 0 Å². The Kier molecular flexibility index (Phi) is 14.1. The van der Waals surface area contributed by atoms with Gasteiger partial charge in [-0.05, 0) is 54.5 Å². The summed E-state index contributed by atoms with van der Waals surface area (Å²) in [5.41, 5.74) is 7.26. The van der Waals surface area contributed by atoms with Crippen LogP contribution >= 0.6 is 0 Å². The predicted molar refractivity (Wildman–Crippen MR) is 181 cm³/mol. The summed E-state index contributed by atoms with van der Waals surface area (Å²) in [6.07, 6.45) is -1.53. The number of carbonyl (C=O) groups is 4. The van der Waals surface area contributed by atoms with E-state index in [2.05, 4.69) is 10.6 Å². The van der Waals surface area contributed by atoms with Crippen molar-refractivity contribution in [1.82, 2.24) is 15.5 Å². The topological polar surface area (TPSA) is 162 Å². The van der Waals surface area contributed by atoms with E-state index in [1.807, 2.05) is 74.5 Å². The van der Waals surface area contributed by atoms with E-state index in [0.717, 1.165) is 24.0 Å². The Labute approximate surface area is 277 Å². The molecule has 3 aromatic rings. The van der Waals surface area contributed by atoms with Crippen LogP contribution in [-0.4, -0.2) is 70.1 Å². The number of nitrogens with one attached hydrogen (secondary N) is 2. The second-order valence-corrected chi connectivity index (χ2v) is 12.1. The van der Waals surface area contributed by atoms with Gasteiger partial charge in [0, 0.05) is 25.2 Å². The molecule has 10 nitrogen and oxygen atoms in total. The molecule has 0 saturated heterocycles. The highest BCUT2D eigenvalue weighted by Gasteiger charge is 2.39. The fourth-order valence-corrected chi connectivity index (χ4v) is 5.69. The van der Waals surface area contributed by atoms with Gasteiger partial charge in [0.1, 0.15) is 6.10 Å². The summed E-state index contributed by atoms with van der Waals surface area (Å²) in [4.78, 5) is 54.6. The lowest BCUT2D eigenvalue weighted by Gasteiger charge is -2.33. The van der Waals surface area contributed by atoms with Gasteiger partial charge in [-0.1, -0.05) is 88.4 Å². The number of hydrogen-bond donors (Lipinski definition) is 5. The molecule has 0 bridgehead atoms. The normalized spacial score (nSPS) is 13.7. The highest BCUT2D eigenvalue weighted by Crippen LogP contribution is 2.23. The van der Waals surface area contributed by atoms with Crippen LogP contribution in [0, 0.1) is 11.8 Å². The first-order valence-electron chi connectivity index (χ1n) is 16.2. The molecular weight excluding hydrogens is 596 g/mol. The maximum absolute atomic E-state index is 13.9. The summed E-state index contributed by atoms with van der Waals surface area (Å²) in [5, 5.41) is 28.7. The second-order valence-electron chi connectivity index (χ2n) is 12.1. The van der Waals surface area contributed by atoms with E-state index in [0.29, 0.717) is 13.1 Å². The van der Waals surface area contributed by atoms with Gasteiger partial charge in [-0.15, -0.1) is 0 Å². The van der Waals surface area contributed by atoms with Gasteiger partial charge in [-0.2, -0.15) is 0 Å². The fraction of sp³-hybridized carbons (Fsp3) is 0.405. The third kappa shape index (κ3) is 10.2. The Bertz CT molecular complexity index is 1470. The van der Waals surface area contributed by atoms with Gasteiger partial charge in [-0.25, -0.2) is 0 Å². The van der Waals surface area contributed by atoms with Gasteiger partial charge in [0.15, 0.2) is 0 Å². The van der Waals surface area contributed by atoms with Crippen LogP contribution in [-0.2, 0) is 17.8 Å². The van der Waals surface area contributed by atoms with E-state index < -0.39 is 41.9 Å². The lowest BCUT2D eigenvalue weighted by atomic mass is 9.83. The maximum Gasteiger partial charge on any atom is 0.253 e. The predicted octanol–water partition coefficient (Wildman–Crippen LogP) is 3.70. The SMILES string of the molecule is CCCN(CCC)C(=O)c1ccc(C(N)=O)c(C(=O)N[C@@H](Cc2ccccc2)[C@@H](O)[C@H](O)[C@H](C(=O)NCc2ccccc2)C(C)C)c1. The van der Waals surface area contributed by atoms with E-state index in [1.54, 1.807) is 18.7 Å². The number of primary amides is 1.